The standard InChI is InChI=1S/C27H31NO6/c1-16-15-17-9-8-14-27(2,3)22(17)25(32-6)24(16)34-21-13-12-20(33-21)26(29)28-23-18(30-4)10-7-11-19(23)31-5/h7,10-13,15H,8-9,14H2,1-6H3,(H,28,29). The van der Waals surface area contributed by atoms with Crippen LogP contribution in [-0.4, -0.2) is 27.2 Å². The second-order valence-electron chi connectivity index (χ2n) is 9.04. The zero-order valence-corrected chi connectivity index (χ0v) is 20.5. The summed E-state index contributed by atoms with van der Waals surface area (Å²) in [5.41, 5.74) is 3.82. The number of aryl methyl sites for hydroxylation is 2. The molecule has 4 rings (SSSR count). The number of nitrogens with one attached hydrogen (secondary N) is 1. The van der Waals surface area contributed by atoms with E-state index in [0.29, 0.717) is 22.9 Å². The maximum Gasteiger partial charge on any atom is 0.291 e. The van der Waals surface area contributed by atoms with Gasteiger partial charge in [0.25, 0.3) is 11.9 Å². The number of carbonyl (C=O) groups excluding carboxylic acids is 1. The Morgan fingerprint density at radius 3 is 2.35 bits per heavy atom. The first-order valence-corrected chi connectivity index (χ1v) is 11.3. The van der Waals surface area contributed by atoms with Crippen molar-refractivity contribution >= 4 is 11.6 Å². The molecular weight excluding hydrogens is 434 g/mol. The summed E-state index contributed by atoms with van der Waals surface area (Å²) in [6.45, 7) is 6.45. The topological polar surface area (TPSA) is 79.2 Å². The van der Waals surface area contributed by atoms with Crippen LogP contribution in [0.25, 0.3) is 0 Å². The van der Waals surface area contributed by atoms with Gasteiger partial charge in [-0.1, -0.05) is 26.0 Å². The van der Waals surface area contributed by atoms with E-state index in [1.807, 2.05) is 6.92 Å². The largest absolute Gasteiger partial charge is 0.494 e. The number of amides is 1. The SMILES string of the molecule is COc1cccc(OC)c1NC(=O)c1ccc(Oc2c(C)cc3c(c2OC)C(C)(C)CCC3)o1. The van der Waals surface area contributed by atoms with Gasteiger partial charge in [0, 0.05) is 11.6 Å². The van der Waals surface area contributed by atoms with Gasteiger partial charge in [0.05, 0.1) is 21.3 Å². The quantitative estimate of drug-likeness (QED) is 0.443. The number of anilines is 1. The summed E-state index contributed by atoms with van der Waals surface area (Å²) in [5, 5.41) is 2.80. The Balaban J connectivity index is 1.62. The Kier molecular flexibility index (Phi) is 6.46. The summed E-state index contributed by atoms with van der Waals surface area (Å²) in [7, 11) is 4.71. The molecule has 1 aliphatic carbocycles. The number of fused-ring (bicyclic) bond motifs is 1. The van der Waals surface area contributed by atoms with Crippen LogP contribution >= 0.6 is 0 Å². The van der Waals surface area contributed by atoms with E-state index in [-0.39, 0.29) is 17.1 Å². The van der Waals surface area contributed by atoms with Crippen LogP contribution in [0.4, 0.5) is 5.69 Å². The van der Waals surface area contributed by atoms with Crippen LogP contribution in [0.3, 0.4) is 0 Å². The number of furan rings is 1. The van der Waals surface area contributed by atoms with Crippen LogP contribution in [0.5, 0.6) is 28.9 Å². The lowest BCUT2D eigenvalue weighted by molar-refractivity contribution is 0.0991. The first kappa shape index (κ1) is 23.5. The Hall–Kier alpha value is -3.61. The first-order valence-electron chi connectivity index (χ1n) is 11.3. The third kappa shape index (κ3) is 4.30. The van der Waals surface area contributed by atoms with E-state index in [2.05, 4.69) is 25.2 Å². The van der Waals surface area contributed by atoms with E-state index in [9.17, 15) is 4.79 Å². The zero-order valence-electron chi connectivity index (χ0n) is 20.5. The van der Waals surface area contributed by atoms with Crippen LogP contribution in [0.2, 0.25) is 0 Å². The lowest BCUT2D eigenvalue weighted by Gasteiger charge is -2.35. The van der Waals surface area contributed by atoms with Crippen LogP contribution in [0.1, 0.15) is 53.9 Å². The Bertz CT molecular complexity index is 1190. The summed E-state index contributed by atoms with van der Waals surface area (Å²) >= 11 is 0. The fourth-order valence-electron chi connectivity index (χ4n) is 4.69. The predicted molar refractivity (Wildman–Crippen MR) is 130 cm³/mol. The molecule has 1 aromatic heterocycles. The Morgan fingerprint density at radius 2 is 1.71 bits per heavy atom. The number of rotatable bonds is 7. The van der Waals surface area contributed by atoms with Crippen molar-refractivity contribution in [3.8, 4) is 28.9 Å². The average Bonchev–Trinajstić information content (AvgIpc) is 3.28. The van der Waals surface area contributed by atoms with Gasteiger partial charge in [-0.2, -0.15) is 0 Å². The molecule has 1 N–H and O–H groups in total. The van der Waals surface area contributed by atoms with Crippen molar-refractivity contribution in [2.75, 3.05) is 26.6 Å². The van der Waals surface area contributed by atoms with Crippen molar-refractivity contribution in [3.05, 3.63) is 58.8 Å². The molecular formula is C27H31NO6. The summed E-state index contributed by atoms with van der Waals surface area (Å²) < 4.78 is 28.4. The molecule has 34 heavy (non-hydrogen) atoms. The number of hydrogen-bond donors (Lipinski definition) is 1. The van der Waals surface area contributed by atoms with Crippen LogP contribution in [0.15, 0.2) is 40.8 Å². The number of hydrogen-bond acceptors (Lipinski definition) is 6. The average molecular weight is 466 g/mol. The lowest BCUT2D eigenvalue weighted by Crippen LogP contribution is -2.25. The molecule has 0 unspecified atom stereocenters. The van der Waals surface area contributed by atoms with E-state index >= 15 is 0 Å². The molecule has 0 aliphatic heterocycles. The van der Waals surface area contributed by atoms with Gasteiger partial charge in [0.15, 0.2) is 17.3 Å². The molecule has 1 heterocycles. The van der Waals surface area contributed by atoms with Gasteiger partial charge in [-0.05, 0) is 60.9 Å². The van der Waals surface area contributed by atoms with Gasteiger partial charge < -0.3 is 28.7 Å². The highest BCUT2D eigenvalue weighted by Gasteiger charge is 2.33. The highest BCUT2D eigenvalue weighted by molar-refractivity contribution is 6.04. The fraction of sp³-hybridized carbons (Fsp3) is 0.370. The van der Waals surface area contributed by atoms with Crippen LogP contribution in [-0.2, 0) is 11.8 Å². The third-order valence-electron chi connectivity index (χ3n) is 6.31. The van der Waals surface area contributed by atoms with Crippen molar-refractivity contribution < 1.29 is 28.2 Å². The van der Waals surface area contributed by atoms with Crippen molar-refractivity contribution in [1.82, 2.24) is 0 Å². The zero-order chi connectivity index (χ0) is 24.5. The minimum absolute atomic E-state index is 0.0211. The number of methoxy groups -OCH3 is 3. The molecule has 0 spiro atoms. The second-order valence-corrected chi connectivity index (χ2v) is 9.04. The van der Waals surface area contributed by atoms with Gasteiger partial charge in [0.1, 0.15) is 17.2 Å². The van der Waals surface area contributed by atoms with Gasteiger partial charge in [-0.15, -0.1) is 0 Å². The normalized spacial score (nSPS) is 14.2. The fourth-order valence-corrected chi connectivity index (χ4v) is 4.69. The molecule has 0 bridgehead atoms. The molecule has 0 saturated heterocycles. The lowest BCUT2D eigenvalue weighted by atomic mass is 9.72. The number of carbonyl (C=O) groups is 1. The number of ether oxygens (including phenoxy) is 4. The molecule has 0 fully saturated rings. The summed E-state index contributed by atoms with van der Waals surface area (Å²) in [4.78, 5) is 12.9. The summed E-state index contributed by atoms with van der Waals surface area (Å²) in [6, 6.07) is 10.6. The van der Waals surface area contributed by atoms with Gasteiger partial charge in [0.2, 0.25) is 0 Å². The maximum atomic E-state index is 12.9. The van der Waals surface area contributed by atoms with E-state index < -0.39 is 5.91 Å². The highest BCUT2D eigenvalue weighted by Crippen LogP contribution is 2.49. The van der Waals surface area contributed by atoms with Crippen molar-refractivity contribution in [3.63, 3.8) is 0 Å². The van der Waals surface area contributed by atoms with Crippen molar-refractivity contribution in [2.24, 2.45) is 0 Å². The minimum atomic E-state index is -0.451. The van der Waals surface area contributed by atoms with E-state index in [1.54, 1.807) is 37.4 Å². The molecule has 0 radical (unpaired) electrons. The summed E-state index contributed by atoms with van der Waals surface area (Å²) in [5.74, 6) is 2.13. The number of para-hydroxylation sites is 1. The minimum Gasteiger partial charge on any atom is -0.494 e. The molecule has 7 heteroatoms. The third-order valence-corrected chi connectivity index (χ3v) is 6.31. The Morgan fingerprint density at radius 1 is 1.00 bits per heavy atom. The van der Waals surface area contributed by atoms with E-state index in [1.165, 1.54) is 25.3 Å². The monoisotopic (exact) mass is 465 g/mol. The molecule has 0 atom stereocenters. The van der Waals surface area contributed by atoms with Crippen LogP contribution < -0.4 is 24.3 Å². The van der Waals surface area contributed by atoms with Crippen molar-refractivity contribution in [1.29, 1.82) is 0 Å². The van der Waals surface area contributed by atoms with Gasteiger partial charge in [-0.3, -0.25) is 4.79 Å². The molecule has 1 aliphatic rings. The highest BCUT2D eigenvalue weighted by atomic mass is 16.6. The molecule has 0 saturated carbocycles. The number of benzene rings is 2. The van der Waals surface area contributed by atoms with Gasteiger partial charge >= 0.3 is 0 Å². The van der Waals surface area contributed by atoms with Crippen molar-refractivity contribution in [2.45, 2.75) is 45.4 Å². The molecule has 3 aromatic rings. The van der Waals surface area contributed by atoms with Gasteiger partial charge in [-0.25, -0.2) is 0 Å². The van der Waals surface area contributed by atoms with E-state index in [4.69, 9.17) is 23.4 Å². The Labute approximate surface area is 200 Å². The molecule has 7 nitrogen and oxygen atoms in total. The predicted octanol–water partition coefficient (Wildman–Crippen LogP) is 6.27. The first-order chi connectivity index (χ1) is 16.3. The maximum absolute atomic E-state index is 12.9. The molecule has 1 amide bonds. The van der Waals surface area contributed by atoms with Crippen LogP contribution in [0, 0.1) is 6.92 Å². The van der Waals surface area contributed by atoms with E-state index in [0.717, 1.165) is 30.6 Å². The summed E-state index contributed by atoms with van der Waals surface area (Å²) in [6.07, 6.45) is 3.25. The molecule has 180 valence electrons. The second kappa shape index (κ2) is 9.33. The smallest absolute Gasteiger partial charge is 0.291 e. The molecule has 2 aromatic carbocycles.